The monoisotopic (exact) mass is 345 g/mol. The van der Waals surface area contributed by atoms with Crippen molar-refractivity contribution in [3.8, 4) is 0 Å². The SMILES string of the molecule is CCC(NC(=O)NCc1nnc2ccccn12)c1cc(F)ccc1F. The molecule has 25 heavy (non-hydrogen) atoms. The molecule has 0 fully saturated rings. The van der Waals surface area contributed by atoms with Crippen molar-refractivity contribution in [2.24, 2.45) is 0 Å². The van der Waals surface area contributed by atoms with Gasteiger partial charge in [-0.1, -0.05) is 13.0 Å². The fourth-order valence-corrected chi connectivity index (χ4v) is 2.56. The number of aromatic nitrogens is 3. The molecule has 8 heteroatoms. The predicted octanol–water partition coefficient (Wildman–Crippen LogP) is 2.96. The van der Waals surface area contributed by atoms with Crippen LogP contribution in [0.1, 0.15) is 30.8 Å². The van der Waals surface area contributed by atoms with Gasteiger partial charge in [-0.15, -0.1) is 10.2 Å². The van der Waals surface area contributed by atoms with E-state index in [2.05, 4.69) is 20.8 Å². The molecule has 2 N–H and O–H groups in total. The molecule has 0 saturated carbocycles. The van der Waals surface area contributed by atoms with Gasteiger partial charge in [-0.05, 0) is 36.8 Å². The molecule has 3 aromatic rings. The largest absolute Gasteiger partial charge is 0.331 e. The van der Waals surface area contributed by atoms with Gasteiger partial charge in [0.05, 0.1) is 12.6 Å². The van der Waals surface area contributed by atoms with E-state index in [-0.39, 0.29) is 12.1 Å². The van der Waals surface area contributed by atoms with Gasteiger partial charge in [-0.2, -0.15) is 0 Å². The van der Waals surface area contributed by atoms with Crippen molar-refractivity contribution in [1.29, 1.82) is 0 Å². The van der Waals surface area contributed by atoms with E-state index in [1.54, 1.807) is 23.6 Å². The summed E-state index contributed by atoms with van der Waals surface area (Å²) in [7, 11) is 0. The molecule has 1 unspecified atom stereocenters. The van der Waals surface area contributed by atoms with Crippen LogP contribution in [0.2, 0.25) is 0 Å². The van der Waals surface area contributed by atoms with E-state index in [1.165, 1.54) is 0 Å². The van der Waals surface area contributed by atoms with Crippen LogP contribution >= 0.6 is 0 Å². The Morgan fingerprint density at radius 3 is 2.88 bits per heavy atom. The zero-order valence-corrected chi connectivity index (χ0v) is 13.5. The highest BCUT2D eigenvalue weighted by Gasteiger charge is 2.17. The van der Waals surface area contributed by atoms with Gasteiger partial charge in [-0.25, -0.2) is 13.6 Å². The number of carbonyl (C=O) groups is 1. The van der Waals surface area contributed by atoms with Gasteiger partial charge in [0.1, 0.15) is 11.6 Å². The van der Waals surface area contributed by atoms with Gasteiger partial charge in [0.2, 0.25) is 0 Å². The second-order valence-electron chi connectivity index (χ2n) is 5.50. The van der Waals surface area contributed by atoms with E-state index >= 15 is 0 Å². The molecular weight excluding hydrogens is 328 g/mol. The maximum atomic E-state index is 13.9. The van der Waals surface area contributed by atoms with Crippen LogP contribution < -0.4 is 10.6 Å². The lowest BCUT2D eigenvalue weighted by Crippen LogP contribution is -2.38. The van der Waals surface area contributed by atoms with Crippen molar-refractivity contribution >= 4 is 11.7 Å². The maximum Gasteiger partial charge on any atom is 0.315 e. The average molecular weight is 345 g/mol. The Bertz CT molecular complexity index is 896. The summed E-state index contributed by atoms with van der Waals surface area (Å²) in [6, 6.07) is 7.53. The number of rotatable bonds is 5. The predicted molar refractivity (Wildman–Crippen MR) is 87.7 cm³/mol. The minimum Gasteiger partial charge on any atom is -0.331 e. The number of nitrogens with one attached hydrogen (secondary N) is 2. The van der Waals surface area contributed by atoms with E-state index in [0.29, 0.717) is 17.9 Å². The molecule has 130 valence electrons. The lowest BCUT2D eigenvalue weighted by molar-refractivity contribution is 0.235. The molecule has 2 amide bonds. The second-order valence-corrected chi connectivity index (χ2v) is 5.50. The van der Waals surface area contributed by atoms with Crippen molar-refractivity contribution in [2.45, 2.75) is 25.9 Å². The number of urea groups is 1. The highest BCUT2D eigenvalue weighted by atomic mass is 19.1. The van der Waals surface area contributed by atoms with E-state index in [0.717, 1.165) is 18.2 Å². The number of hydrogen-bond donors (Lipinski definition) is 2. The highest BCUT2D eigenvalue weighted by molar-refractivity contribution is 5.74. The normalized spacial score (nSPS) is 12.1. The molecule has 1 atom stereocenters. The molecule has 1 aromatic carbocycles. The number of nitrogens with zero attached hydrogens (tertiary/aromatic N) is 3. The van der Waals surface area contributed by atoms with E-state index in [1.807, 2.05) is 12.1 Å². The van der Waals surface area contributed by atoms with Gasteiger partial charge in [0.15, 0.2) is 11.5 Å². The third-order valence-corrected chi connectivity index (χ3v) is 3.84. The number of fused-ring (bicyclic) bond motifs is 1. The summed E-state index contributed by atoms with van der Waals surface area (Å²) in [5.41, 5.74) is 0.790. The second kappa shape index (κ2) is 7.25. The van der Waals surface area contributed by atoms with Crippen molar-refractivity contribution < 1.29 is 13.6 Å². The summed E-state index contributed by atoms with van der Waals surface area (Å²) in [5, 5.41) is 13.3. The van der Waals surface area contributed by atoms with Crippen molar-refractivity contribution in [1.82, 2.24) is 25.2 Å². The first-order valence-corrected chi connectivity index (χ1v) is 7.86. The Morgan fingerprint density at radius 1 is 1.24 bits per heavy atom. The number of hydrogen-bond acceptors (Lipinski definition) is 3. The molecule has 6 nitrogen and oxygen atoms in total. The molecule has 3 rings (SSSR count). The smallest absolute Gasteiger partial charge is 0.315 e. The third-order valence-electron chi connectivity index (χ3n) is 3.84. The van der Waals surface area contributed by atoms with Crippen LogP contribution in [0.15, 0.2) is 42.6 Å². The van der Waals surface area contributed by atoms with Gasteiger partial charge in [-0.3, -0.25) is 4.40 Å². The first kappa shape index (κ1) is 16.8. The molecule has 0 aliphatic rings. The zero-order chi connectivity index (χ0) is 17.8. The van der Waals surface area contributed by atoms with Crippen molar-refractivity contribution in [3.05, 3.63) is 65.6 Å². The van der Waals surface area contributed by atoms with Crippen molar-refractivity contribution in [3.63, 3.8) is 0 Å². The van der Waals surface area contributed by atoms with Gasteiger partial charge >= 0.3 is 6.03 Å². The van der Waals surface area contributed by atoms with Crippen LogP contribution in [-0.2, 0) is 6.54 Å². The number of benzene rings is 1. The van der Waals surface area contributed by atoms with Crippen LogP contribution in [0.3, 0.4) is 0 Å². The molecule has 0 saturated heterocycles. The number of halogens is 2. The first-order chi connectivity index (χ1) is 12.1. The molecule has 0 aliphatic carbocycles. The van der Waals surface area contributed by atoms with Crippen LogP contribution in [0.4, 0.5) is 13.6 Å². The Balaban J connectivity index is 1.66. The highest BCUT2D eigenvalue weighted by Crippen LogP contribution is 2.21. The lowest BCUT2D eigenvalue weighted by Gasteiger charge is -2.18. The molecule has 0 radical (unpaired) electrons. The van der Waals surface area contributed by atoms with Gasteiger partial charge in [0.25, 0.3) is 0 Å². The maximum absolute atomic E-state index is 13.9. The Labute approximate surface area is 142 Å². The molecule has 0 aliphatic heterocycles. The van der Waals surface area contributed by atoms with Crippen molar-refractivity contribution in [2.75, 3.05) is 0 Å². The van der Waals surface area contributed by atoms with Crippen LogP contribution in [0.5, 0.6) is 0 Å². The molecule has 2 aromatic heterocycles. The summed E-state index contributed by atoms with van der Waals surface area (Å²) in [4.78, 5) is 12.1. The molecule has 2 heterocycles. The summed E-state index contributed by atoms with van der Waals surface area (Å²) in [5.74, 6) is -0.542. The number of amides is 2. The first-order valence-electron chi connectivity index (χ1n) is 7.86. The summed E-state index contributed by atoms with van der Waals surface area (Å²) in [6.45, 7) is 1.93. The van der Waals surface area contributed by atoms with Gasteiger partial charge < -0.3 is 10.6 Å². The Morgan fingerprint density at radius 2 is 2.08 bits per heavy atom. The van der Waals surface area contributed by atoms with E-state index < -0.39 is 23.7 Å². The standard InChI is InChI=1S/C17H17F2N5O/c1-2-14(12-9-11(18)6-7-13(12)19)21-17(25)20-10-16-23-22-15-5-3-4-8-24(15)16/h3-9,14H,2,10H2,1H3,(H2,20,21,25). The molecule has 0 spiro atoms. The van der Waals surface area contributed by atoms with Crippen LogP contribution in [0, 0.1) is 11.6 Å². The van der Waals surface area contributed by atoms with E-state index in [9.17, 15) is 13.6 Å². The third kappa shape index (κ3) is 3.73. The Hall–Kier alpha value is -3.03. The molecule has 0 bridgehead atoms. The van der Waals surface area contributed by atoms with Crippen LogP contribution in [-0.4, -0.2) is 20.6 Å². The summed E-state index contributed by atoms with van der Waals surface area (Å²) < 4.78 is 29.0. The number of pyridine rings is 1. The lowest BCUT2D eigenvalue weighted by atomic mass is 10.0. The van der Waals surface area contributed by atoms with Gasteiger partial charge in [0, 0.05) is 11.8 Å². The zero-order valence-electron chi connectivity index (χ0n) is 13.5. The fourth-order valence-electron chi connectivity index (χ4n) is 2.56. The molecular formula is C17H17F2N5O. The fraction of sp³-hybridized carbons (Fsp3) is 0.235. The minimum atomic E-state index is -0.633. The minimum absolute atomic E-state index is 0.116. The number of carbonyl (C=O) groups excluding carboxylic acids is 1. The topological polar surface area (TPSA) is 71.3 Å². The summed E-state index contributed by atoms with van der Waals surface area (Å²) in [6.07, 6.45) is 2.21. The Kier molecular flexibility index (Phi) is 4.87. The summed E-state index contributed by atoms with van der Waals surface area (Å²) >= 11 is 0. The van der Waals surface area contributed by atoms with E-state index in [4.69, 9.17) is 0 Å². The average Bonchev–Trinajstić information content (AvgIpc) is 3.03. The van der Waals surface area contributed by atoms with Crippen LogP contribution in [0.25, 0.3) is 5.65 Å². The quantitative estimate of drug-likeness (QED) is 0.747.